The van der Waals surface area contributed by atoms with Crippen LogP contribution in [0.3, 0.4) is 0 Å². The van der Waals surface area contributed by atoms with Crippen LogP contribution in [0.5, 0.6) is 0 Å². The van der Waals surface area contributed by atoms with Crippen LogP contribution in [0.15, 0.2) is 30.5 Å². The lowest BCUT2D eigenvalue weighted by atomic mass is 10.1. The maximum atomic E-state index is 5.98. The molecule has 1 fully saturated rings. The monoisotopic (exact) mass is 271 g/mol. The average molecular weight is 271 g/mol. The molecule has 0 spiro atoms. The van der Waals surface area contributed by atoms with E-state index in [-0.39, 0.29) is 0 Å². The summed E-state index contributed by atoms with van der Waals surface area (Å²) in [7, 11) is 2.08. The van der Waals surface area contributed by atoms with E-state index in [4.69, 9.17) is 10.5 Å². The number of benzene rings is 1. The van der Waals surface area contributed by atoms with Gasteiger partial charge in [0.15, 0.2) is 0 Å². The van der Waals surface area contributed by atoms with E-state index in [1.54, 1.807) is 6.20 Å². The SMILES string of the molecule is CN(CCOCC1CC1)c1ccc(N)c2ncccc12. The van der Waals surface area contributed by atoms with Gasteiger partial charge in [0.05, 0.1) is 17.8 Å². The molecule has 1 aliphatic carbocycles. The molecule has 1 aromatic carbocycles. The van der Waals surface area contributed by atoms with Gasteiger partial charge in [0, 0.05) is 37.5 Å². The Bertz CT molecular complexity index is 595. The van der Waals surface area contributed by atoms with Crippen molar-refractivity contribution >= 4 is 22.3 Å². The minimum atomic E-state index is 0.725. The van der Waals surface area contributed by atoms with E-state index in [1.165, 1.54) is 12.8 Å². The van der Waals surface area contributed by atoms with Gasteiger partial charge in [0.1, 0.15) is 0 Å². The zero-order chi connectivity index (χ0) is 13.9. The molecule has 20 heavy (non-hydrogen) atoms. The lowest BCUT2D eigenvalue weighted by Crippen LogP contribution is -2.23. The highest BCUT2D eigenvalue weighted by Crippen LogP contribution is 2.29. The summed E-state index contributed by atoms with van der Waals surface area (Å²) in [5.74, 6) is 0.821. The van der Waals surface area contributed by atoms with E-state index >= 15 is 0 Å². The number of rotatable bonds is 6. The highest BCUT2D eigenvalue weighted by Gasteiger charge is 2.21. The van der Waals surface area contributed by atoms with Gasteiger partial charge >= 0.3 is 0 Å². The fourth-order valence-corrected chi connectivity index (χ4v) is 2.37. The molecule has 106 valence electrons. The summed E-state index contributed by atoms with van der Waals surface area (Å²) in [5.41, 5.74) is 8.73. The summed E-state index contributed by atoms with van der Waals surface area (Å²) in [6, 6.07) is 7.99. The van der Waals surface area contributed by atoms with Crippen molar-refractivity contribution < 1.29 is 4.74 Å². The summed E-state index contributed by atoms with van der Waals surface area (Å²) in [5, 5.41) is 1.09. The van der Waals surface area contributed by atoms with Crippen molar-refractivity contribution in [1.82, 2.24) is 4.98 Å². The van der Waals surface area contributed by atoms with Crippen LogP contribution in [-0.2, 0) is 4.74 Å². The van der Waals surface area contributed by atoms with Gasteiger partial charge in [-0.2, -0.15) is 0 Å². The Morgan fingerprint density at radius 2 is 2.20 bits per heavy atom. The lowest BCUT2D eigenvalue weighted by Gasteiger charge is -2.21. The topological polar surface area (TPSA) is 51.4 Å². The van der Waals surface area contributed by atoms with E-state index < -0.39 is 0 Å². The Kier molecular flexibility index (Phi) is 3.74. The molecule has 0 amide bonds. The Balaban J connectivity index is 1.70. The molecule has 0 radical (unpaired) electrons. The maximum Gasteiger partial charge on any atom is 0.0951 e. The highest BCUT2D eigenvalue weighted by molar-refractivity contribution is 5.98. The van der Waals surface area contributed by atoms with Crippen LogP contribution in [0.4, 0.5) is 11.4 Å². The summed E-state index contributed by atoms with van der Waals surface area (Å²) in [4.78, 5) is 6.57. The average Bonchev–Trinajstić information content (AvgIpc) is 3.28. The zero-order valence-electron chi connectivity index (χ0n) is 11.9. The van der Waals surface area contributed by atoms with Crippen LogP contribution in [0.1, 0.15) is 12.8 Å². The Labute approximate surface area is 119 Å². The number of ether oxygens (including phenoxy) is 1. The number of nitrogens with two attached hydrogens (primary N) is 1. The standard InChI is InChI=1S/C16H21N3O/c1-19(9-10-20-11-12-4-5-12)15-7-6-14(17)16-13(15)3-2-8-18-16/h2-3,6-8,12H,4-5,9-11,17H2,1H3. The zero-order valence-corrected chi connectivity index (χ0v) is 11.9. The molecule has 1 aromatic heterocycles. The number of pyridine rings is 1. The van der Waals surface area contributed by atoms with E-state index in [1.807, 2.05) is 12.1 Å². The van der Waals surface area contributed by atoms with Gasteiger partial charge in [0.2, 0.25) is 0 Å². The van der Waals surface area contributed by atoms with Crippen molar-refractivity contribution in [1.29, 1.82) is 0 Å². The van der Waals surface area contributed by atoms with Crippen molar-refractivity contribution in [2.24, 2.45) is 5.92 Å². The molecule has 4 heteroatoms. The number of hydrogen-bond donors (Lipinski definition) is 1. The van der Waals surface area contributed by atoms with Gasteiger partial charge in [-0.05, 0) is 43.0 Å². The molecule has 2 aromatic rings. The normalized spacial score (nSPS) is 14.7. The van der Waals surface area contributed by atoms with Crippen LogP contribution in [0.2, 0.25) is 0 Å². The third-order valence-electron chi connectivity index (χ3n) is 3.81. The molecule has 4 nitrogen and oxygen atoms in total. The van der Waals surface area contributed by atoms with Crippen LogP contribution < -0.4 is 10.6 Å². The van der Waals surface area contributed by atoms with E-state index in [9.17, 15) is 0 Å². The summed E-state index contributed by atoms with van der Waals surface area (Å²) in [6.45, 7) is 2.55. The number of aromatic nitrogens is 1. The number of nitrogens with zero attached hydrogens (tertiary/aromatic N) is 2. The first-order chi connectivity index (χ1) is 9.75. The van der Waals surface area contributed by atoms with E-state index in [0.29, 0.717) is 0 Å². The molecule has 2 N–H and O–H groups in total. The molecular formula is C16H21N3O. The number of nitrogen functional groups attached to an aromatic ring is 1. The van der Waals surface area contributed by atoms with Gasteiger partial charge in [-0.15, -0.1) is 0 Å². The number of hydrogen-bond acceptors (Lipinski definition) is 4. The molecular weight excluding hydrogens is 250 g/mol. The van der Waals surface area contributed by atoms with Crippen LogP contribution in [-0.4, -0.2) is 31.8 Å². The van der Waals surface area contributed by atoms with Gasteiger partial charge in [-0.25, -0.2) is 0 Å². The van der Waals surface area contributed by atoms with Gasteiger partial charge in [-0.3, -0.25) is 4.98 Å². The number of likely N-dealkylation sites (N-methyl/N-ethyl adjacent to an activating group) is 1. The molecule has 3 rings (SSSR count). The van der Waals surface area contributed by atoms with Gasteiger partial charge < -0.3 is 15.4 Å². The van der Waals surface area contributed by atoms with Crippen molar-refractivity contribution in [3.8, 4) is 0 Å². The molecule has 0 unspecified atom stereocenters. The van der Waals surface area contributed by atoms with Crippen LogP contribution in [0, 0.1) is 5.92 Å². The molecule has 1 aliphatic rings. The second-order valence-corrected chi connectivity index (χ2v) is 5.51. The predicted octanol–water partition coefficient (Wildman–Crippen LogP) is 2.68. The van der Waals surface area contributed by atoms with Gasteiger partial charge in [-0.1, -0.05) is 0 Å². The van der Waals surface area contributed by atoms with Crippen molar-refractivity contribution in [3.63, 3.8) is 0 Å². The van der Waals surface area contributed by atoms with Crippen molar-refractivity contribution in [2.45, 2.75) is 12.8 Å². The molecule has 0 aliphatic heterocycles. The summed E-state index contributed by atoms with van der Waals surface area (Å²) in [6.07, 6.45) is 4.45. The largest absolute Gasteiger partial charge is 0.397 e. The van der Waals surface area contributed by atoms with Crippen LogP contribution in [0.25, 0.3) is 10.9 Å². The van der Waals surface area contributed by atoms with E-state index in [2.05, 4.69) is 29.1 Å². The number of anilines is 2. The van der Waals surface area contributed by atoms with E-state index in [0.717, 1.165) is 48.0 Å². The number of fused-ring (bicyclic) bond motifs is 1. The third kappa shape index (κ3) is 2.85. The van der Waals surface area contributed by atoms with Crippen molar-refractivity contribution in [2.75, 3.05) is 37.4 Å². The Morgan fingerprint density at radius 3 is 3.00 bits per heavy atom. The molecule has 1 heterocycles. The Hall–Kier alpha value is -1.81. The second kappa shape index (κ2) is 5.67. The smallest absolute Gasteiger partial charge is 0.0951 e. The Morgan fingerprint density at radius 1 is 1.35 bits per heavy atom. The van der Waals surface area contributed by atoms with Gasteiger partial charge in [0.25, 0.3) is 0 Å². The minimum Gasteiger partial charge on any atom is -0.397 e. The van der Waals surface area contributed by atoms with Crippen LogP contribution >= 0.6 is 0 Å². The fourth-order valence-electron chi connectivity index (χ4n) is 2.37. The first-order valence-electron chi connectivity index (χ1n) is 7.18. The second-order valence-electron chi connectivity index (χ2n) is 5.51. The minimum absolute atomic E-state index is 0.725. The summed E-state index contributed by atoms with van der Waals surface area (Å²) < 4.78 is 5.70. The molecule has 0 atom stereocenters. The molecule has 1 saturated carbocycles. The first-order valence-corrected chi connectivity index (χ1v) is 7.18. The summed E-state index contributed by atoms with van der Waals surface area (Å²) >= 11 is 0. The predicted molar refractivity (Wildman–Crippen MR) is 83.0 cm³/mol. The molecule has 0 bridgehead atoms. The fraction of sp³-hybridized carbons (Fsp3) is 0.438. The van der Waals surface area contributed by atoms with Crippen molar-refractivity contribution in [3.05, 3.63) is 30.5 Å². The lowest BCUT2D eigenvalue weighted by molar-refractivity contribution is 0.131. The molecule has 0 saturated heterocycles. The maximum absolute atomic E-state index is 5.98. The first kappa shape index (κ1) is 13.2. The third-order valence-corrected chi connectivity index (χ3v) is 3.81. The highest BCUT2D eigenvalue weighted by atomic mass is 16.5. The quantitative estimate of drug-likeness (QED) is 0.648.